The summed E-state index contributed by atoms with van der Waals surface area (Å²) in [6, 6.07) is 9.14. The van der Waals surface area contributed by atoms with E-state index in [4.69, 9.17) is 10.6 Å². The van der Waals surface area contributed by atoms with Crippen molar-refractivity contribution in [2.24, 2.45) is 5.73 Å². The average molecular weight is 399 g/mol. The Morgan fingerprint density at radius 1 is 1.00 bits per heavy atom. The van der Waals surface area contributed by atoms with Gasteiger partial charge in [-0.1, -0.05) is 29.3 Å². The molecular weight excluding hydrogens is 385 g/mol. The number of imide groups is 1. The van der Waals surface area contributed by atoms with Crippen molar-refractivity contribution in [2.75, 3.05) is 0 Å². The lowest BCUT2D eigenvalue weighted by Crippen LogP contribution is -2.47. The van der Waals surface area contributed by atoms with Crippen LogP contribution in [0.25, 0.3) is 0 Å². The summed E-state index contributed by atoms with van der Waals surface area (Å²) in [5.41, 5.74) is 4.78. The van der Waals surface area contributed by atoms with Crippen LogP contribution in [0, 0.1) is 5.82 Å². The van der Waals surface area contributed by atoms with Gasteiger partial charge in [-0.3, -0.25) is 19.2 Å². The second-order valence-electron chi connectivity index (χ2n) is 6.04. The van der Waals surface area contributed by atoms with Crippen molar-refractivity contribution in [3.63, 3.8) is 0 Å². The molecular formula is C19H14FN3O6. The fourth-order valence-electron chi connectivity index (χ4n) is 2.68. The zero-order valence-corrected chi connectivity index (χ0v) is 14.8. The third-order valence-corrected chi connectivity index (χ3v) is 4.05. The van der Waals surface area contributed by atoms with Crippen LogP contribution in [0.3, 0.4) is 0 Å². The molecule has 10 heteroatoms. The number of primary amides is 1. The van der Waals surface area contributed by atoms with Crippen LogP contribution in [0.15, 0.2) is 48.5 Å². The number of nitrogens with two attached hydrogens (primary N) is 1. The van der Waals surface area contributed by atoms with E-state index < -0.39 is 47.9 Å². The van der Waals surface area contributed by atoms with Gasteiger partial charge in [0.1, 0.15) is 11.9 Å². The van der Waals surface area contributed by atoms with E-state index in [1.54, 1.807) is 0 Å². The van der Waals surface area contributed by atoms with Crippen molar-refractivity contribution in [1.82, 2.24) is 10.4 Å². The van der Waals surface area contributed by atoms with Crippen LogP contribution in [0.2, 0.25) is 0 Å². The molecule has 3 N–H and O–H groups in total. The quantitative estimate of drug-likeness (QED) is 0.681. The number of hydroxylamine groups is 2. The average Bonchev–Trinajstić information content (AvgIpc) is 2.92. The minimum Gasteiger partial charge on any atom is -0.370 e. The number of hydrogen-bond acceptors (Lipinski definition) is 6. The van der Waals surface area contributed by atoms with E-state index >= 15 is 0 Å². The minimum atomic E-state index is -1.65. The molecule has 9 nitrogen and oxygen atoms in total. The topological polar surface area (TPSA) is 136 Å². The van der Waals surface area contributed by atoms with Crippen molar-refractivity contribution < 1.29 is 33.2 Å². The van der Waals surface area contributed by atoms with Gasteiger partial charge in [0.15, 0.2) is 0 Å². The Morgan fingerprint density at radius 3 is 2.10 bits per heavy atom. The Kier molecular flexibility index (Phi) is 5.35. The van der Waals surface area contributed by atoms with Crippen molar-refractivity contribution >= 4 is 29.6 Å². The number of halogens is 1. The number of hydrogen-bond donors (Lipinski definition) is 2. The van der Waals surface area contributed by atoms with E-state index in [1.165, 1.54) is 42.5 Å². The lowest BCUT2D eigenvalue weighted by atomic mass is 10.1. The van der Waals surface area contributed by atoms with Crippen LogP contribution in [-0.2, 0) is 14.4 Å². The standard InChI is InChI=1S/C19H14FN3O6/c20-13-8-4-3-7-12(13)16(25)22-14(9-15(21)24)19(28)29-23-17(26)10-5-1-2-6-11(10)18(23)27/h1-8,14H,9H2,(H2,21,24)(H,22,25). The summed E-state index contributed by atoms with van der Waals surface area (Å²) in [6.45, 7) is 0. The van der Waals surface area contributed by atoms with E-state index in [1.807, 2.05) is 0 Å². The number of carbonyl (C=O) groups is 5. The highest BCUT2D eigenvalue weighted by atomic mass is 19.1. The van der Waals surface area contributed by atoms with Gasteiger partial charge >= 0.3 is 5.97 Å². The molecule has 1 heterocycles. The molecule has 0 spiro atoms. The predicted molar refractivity (Wildman–Crippen MR) is 94.5 cm³/mol. The molecule has 0 saturated carbocycles. The molecule has 1 atom stereocenters. The Hall–Kier alpha value is -4.08. The van der Waals surface area contributed by atoms with E-state index in [0.717, 1.165) is 6.07 Å². The lowest BCUT2D eigenvalue weighted by molar-refractivity contribution is -0.171. The SMILES string of the molecule is NC(=O)CC(NC(=O)c1ccccc1F)C(=O)ON1C(=O)c2ccccc2C1=O. The van der Waals surface area contributed by atoms with Gasteiger partial charge in [0.2, 0.25) is 5.91 Å². The first kappa shape index (κ1) is 19.7. The molecule has 29 heavy (non-hydrogen) atoms. The smallest absolute Gasteiger partial charge is 0.355 e. The largest absolute Gasteiger partial charge is 0.370 e. The molecule has 4 amide bonds. The number of carbonyl (C=O) groups excluding carboxylic acids is 5. The number of fused-ring (bicyclic) bond motifs is 1. The van der Waals surface area contributed by atoms with Gasteiger partial charge in [-0.05, 0) is 24.3 Å². The summed E-state index contributed by atoms with van der Waals surface area (Å²) in [5, 5.41) is 2.36. The Balaban J connectivity index is 1.77. The number of benzene rings is 2. The van der Waals surface area contributed by atoms with Crippen LogP contribution in [-0.4, -0.2) is 40.7 Å². The number of rotatable bonds is 6. The lowest BCUT2D eigenvalue weighted by Gasteiger charge is -2.19. The first-order chi connectivity index (χ1) is 13.8. The zero-order valence-electron chi connectivity index (χ0n) is 14.8. The van der Waals surface area contributed by atoms with Gasteiger partial charge in [0, 0.05) is 0 Å². The number of amides is 4. The molecule has 148 valence electrons. The maximum Gasteiger partial charge on any atom is 0.355 e. The molecule has 0 fully saturated rings. The molecule has 2 aromatic rings. The molecule has 0 radical (unpaired) electrons. The second kappa shape index (κ2) is 7.89. The van der Waals surface area contributed by atoms with E-state index in [2.05, 4.69) is 5.32 Å². The fraction of sp³-hybridized carbons (Fsp3) is 0.105. The van der Waals surface area contributed by atoms with Crippen LogP contribution >= 0.6 is 0 Å². The van der Waals surface area contributed by atoms with Gasteiger partial charge in [-0.2, -0.15) is 0 Å². The highest BCUT2D eigenvalue weighted by Crippen LogP contribution is 2.23. The molecule has 0 bridgehead atoms. The summed E-state index contributed by atoms with van der Waals surface area (Å²) >= 11 is 0. The second-order valence-corrected chi connectivity index (χ2v) is 6.04. The van der Waals surface area contributed by atoms with Crippen LogP contribution in [0.4, 0.5) is 4.39 Å². The van der Waals surface area contributed by atoms with Crippen molar-refractivity contribution in [3.8, 4) is 0 Å². The van der Waals surface area contributed by atoms with Crippen molar-refractivity contribution in [1.29, 1.82) is 0 Å². The van der Waals surface area contributed by atoms with Crippen LogP contribution < -0.4 is 11.1 Å². The zero-order chi connectivity index (χ0) is 21.1. The molecule has 3 rings (SSSR count). The first-order valence-electron chi connectivity index (χ1n) is 8.33. The summed E-state index contributed by atoms with van der Waals surface area (Å²) in [4.78, 5) is 65.4. The maximum absolute atomic E-state index is 13.8. The summed E-state index contributed by atoms with van der Waals surface area (Å²) < 4.78 is 13.8. The van der Waals surface area contributed by atoms with E-state index in [0.29, 0.717) is 0 Å². The fourth-order valence-corrected chi connectivity index (χ4v) is 2.68. The monoisotopic (exact) mass is 399 g/mol. The van der Waals surface area contributed by atoms with Crippen molar-refractivity contribution in [3.05, 3.63) is 71.0 Å². The summed E-state index contributed by atoms with van der Waals surface area (Å²) in [5.74, 6) is -5.87. The third-order valence-electron chi connectivity index (χ3n) is 4.05. The number of nitrogens with zero attached hydrogens (tertiary/aromatic N) is 1. The van der Waals surface area contributed by atoms with Gasteiger partial charge in [0.05, 0.1) is 23.1 Å². The summed E-state index contributed by atoms with van der Waals surface area (Å²) in [6.07, 6.45) is -0.692. The first-order valence-corrected chi connectivity index (χ1v) is 8.33. The molecule has 0 aliphatic carbocycles. The minimum absolute atomic E-state index is 0.0344. The molecule has 0 aromatic heterocycles. The summed E-state index contributed by atoms with van der Waals surface area (Å²) in [7, 11) is 0. The Labute approximate surface area is 163 Å². The normalized spacial score (nSPS) is 13.6. The number of nitrogens with one attached hydrogen (secondary N) is 1. The van der Waals surface area contributed by atoms with Crippen LogP contribution in [0.5, 0.6) is 0 Å². The highest BCUT2D eigenvalue weighted by molar-refractivity contribution is 6.21. The third kappa shape index (κ3) is 3.95. The molecule has 1 aliphatic heterocycles. The Morgan fingerprint density at radius 2 is 1.55 bits per heavy atom. The van der Waals surface area contributed by atoms with Crippen LogP contribution in [0.1, 0.15) is 37.5 Å². The maximum atomic E-state index is 13.8. The molecule has 1 aliphatic rings. The molecule has 0 saturated heterocycles. The van der Waals surface area contributed by atoms with Gasteiger partial charge in [0.25, 0.3) is 17.7 Å². The van der Waals surface area contributed by atoms with Gasteiger partial charge < -0.3 is 15.9 Å². The predicted octanol–water partition coefficient (Wildman–Crippen LogP) is 0.554. The Bertz CT molecular complexity index is 1000. The van der Waals surface area contributed by atoms with Gasteiger partial charge in [-0.15, -0.1) is 0 Å². The molecule has 2 aromatic carbocycles. The van der Waals surface area contributed by atoms with E-state index in [-0.39, 0.29) is 21.8 Å². The van der Waals surface area contributed by atoms with Crippen molar-refractivity contribution in [2.45, 2.75) is 12.5 Å². The highest BCUT2D eigenvalue weighted by Gasteiger charge is 2.40. The van der Waals surface area contributed by atoms with E-state index in [9.17, 15) is 28.4 Å². The van der Waals surface area contributed by atoms with Gasteiger partial charge in [-0.25, -0.2) is 9.18 Å². The molecule has 1 unspecified atom stereocenters.